The fourth-order valence-corrected chi connectivity index (χ4v) is 5.30. The average molecular weight is 613 g/mol. The molecule has 44 heavy (non-hydrogen) atoms. The summed E-state index contributed by atoms with van der Waals surface area (Å²) in [4.78, 5) is 0. The minimum Gasteiger partial charge on any atom is -0.394 e. The van der Waals surface area contributed by atoms with Crippen LogP contribution in [-0.2, 0) is 48.2 Å². The van der Waals surface area contributed by atoms with Crippen molar-refractivity contribution in [3.63, 3.8) is 0 Å². The zero-order valence-corrected chi connectivity index (χ0v) is 24.2. The predicted molar refractivity (Wildman–Crippen MR) is 156 cm³/mol. The number of hydrogen-bond acceptors (Lipinski definition) is 11. The Morgan fingerprint density at radius 3 is 1.68 bits per heavy atom. The van der Waals surface area contributed by atoms with Crippen LogP contribution in [0.25, 0.3) is 0 Å². The first-order chi connectivity index (χ1) is 21.4. The molecular formula is C33H40O11. The Morgan fingerprint density at radius 1 is 0.614 bits per heavy atom. The number of rotatable bonds is 15. The molecule has 2 saturated heterocycles. The summed E-state index contributed by atoms with van der Waals surface area (Å²) in [5.74, 6) is 0. The lowest BCUT2D eigenvalue weighted by molar-refractivity contribution is -0.216. The second-order valence-corrected chi connectivity index (χ2v) is 10.9. The number of ether oxygens (including phenoxy) is 6. The smallest absolute Gasteiger partial charge is 0.186 e. The molecule has 2 unspecified atom stereocenters. The minimum absolute atomic E-state index is 0.175. The van der Waals surface area contributed by atoms with Crippen molar-refractivity contribution >= 4 is 0 Å². The van der Waals surface area contributed by atoms with Gasteiger partial charge in [-0.2, -0.15) is 0 Å². The maximum atomic E-state index is 11.0. The number of aliphatic hydroxyl groups is 5. The number of benzene rings is 3. The van der Waals surface area contributed by atoms with Crippen LogP contribution in [0.15, 0.2) is 91.0 Å². The van der Waals surface area contributed by atoms with E-state index in [-0.39, 0.29) is 26.4 Å². The maximum Gasteiger partial charge on any atom is 0.186 e. The van der Waals surface area contributed by atoms with E-state index in [1.165, 1.54) is 0 Å². The predicted octanol–water partition coefficient (Wildman–Crippen LogP) is 1.28. The summed E-state index contributed by atoms with van der Waals surface area (Å²) in [5.41, 5.74) is 2.71. The molecule has 11 nitrogen and oxygen atoms in total. The molecule has 2 heterocycles. The topological polar surface area (TPSA) is 157 Å². The lowest BCUT2D eigenvalue weighted by Crippen LogP contribution is -2.46. The molecule has 0 aliphatic carbocycles. The van der Waals surface area contributed by atoms with E-state index in [4.69, 9.17) is 28.4 Å². The summed E-state index contributed by atoms with van der Waals surface area (Å²) in [6.45, 7) is -0.258. The van der Waals surface area contributed by atoms with Crippen molar-refractivity contribution in [2.24, 2.45) is 0 Å². The first kappa shape index (κ1) is 32.6. The van der Waals surface area contributed by atoms with Crippen LogP contribution in [0, 0.1) is 0 Å². The number of aliphatic hydroxyl groups excluding tert-OH is 5. The van der Waals surface area contributed by atoms with E-state index in [9.17, 15) is 25.5 Å². The molecule has 0 spiro atoms. The van der Waals surface area contributed by atoms with Crippen molar-refractivity contribution in [1.82, 2.24) is 0 Å². The lowest BCUT2D eigenvalue weighted by atomic mass is 10.0. The molecule has 0 radical (unpaired) electrons. The summed E-state index contributed by atoms with van der Waals surface area (Å²) in [7, 11) is 0. The van der Waals surface area contributed by atoms with Crippen LogP contribution in [0.4, 0.5) is 0 Å². The Morgan fingerprint density at radius 2 is 1.14 bits per heavy atom. The monoisotopic (exact) mass is 612 g/mol. The van der Waals surface area contributed by atoms with Gasteiger partial charge in [0.15, 0.2) is 12.6 Å². The quantitative estimate of drug-likeness (QED) is 0.169. The van der Waals surface area contributed by atoms with Crippen molar-refractivity contribution in [2.45, 2.75) is 81.2 Å². The summed E-state index contributed by atoms with van der Waals surface area (Å²) in [6.07, 6.45) is -11.7. The van der Waals surface area contributed by atoms with Crippen LogP contribution in [-0.4, -0.2) is 100 Å². The van der Waals surface area contributed by atoms with E-state index in [0.29, 0.717) is 0 Å². The van der Waals surface area contributed by atoms with Gasteiger partial charge >= 0.3 is 0 Å². The van der Waals surface area contributed by atoms with Crippen LogP contribution < -0.4 is 0 Å². The lowest BCUT2D eigenvalue weighted by Gasteiger charge is -2.30. The molecule has 2 fully saturated rings. The molecule has 10 atom stereocenters. The van der Waals surface area contributed by atoms with Crippen molar-refractivity contribution in [3.8, 4) is 0 Å². The van der Waals surface area contributed by atoms with Crippen LogP contribution in [0.5, 0.6) is 0 Å². The van der Waals surface area contributed by atoms with Gasteiger partial charge < -0.3 is 54.0 Å². The Bertz CT molecular complexity index is 1230. The molecule has 2 aliphatic rings. The second-order valence-electron chi connectivity index (χ2n) is 10.9. The zero-order valence-electron chi connectivity index (χ0n) is 24.2. The van der Waals surface area contributed by atoms with Gasteiger partial charge in [0.05, 0.1) is 33.0 Å². The molecule has 0 saturated carbocycles. The normalized spacial score (nSPS) is 29.9. The Kier molecular flexibility index (Phi) is 11.8. The van der Waals surface area contributed by atoms with E-state index in [2.05, 4.69) is 0 Å². The van der Waals surface area contributed by atoms with Crippen molar-refractivity contribution < 1.29 is 54.0 Å². The standard InChI is InChI=1S/C33H40O11/c34-16-24(35)28-26(36)27(37)33(44-28)42-20-25(39-17-21-10-4-1-5-11-21)29-30(40-18-22-12-6-2-7-13-22)31(32(38)43-29)41-19-23-14-8-3-9-15-23/h1-15,24-38H,16-20H2/t24?,25?,26-,27-,28+,29+,30+,31-,32-,33-/m1/s1. The molecule has 3 aromatic carbocycles. The highest BCUT2D eigenvalue weighted by Crippen LogP contribution is 2.32. The van der Waals surface area contributed by atoms with E-state index >= 15 is 0 Å². The molecule has 5 rings (SSSR count). The highest BCUT2D eigenvalue weighted by molar-refractivity contribution is 5.15. The molecule has 0 aromatic heterocycles. The van der Waals surface area contributed by atoms with Crippen molar-refractivity contribution in [3.05, 3.63) is 108 Å². The van der Waals surface area contributed by atoms with Crippen molar-refractivity contribution in [1.29, 1.82) is 0 Å². The second kappa shape index (κ2) is 16.0. The highest BCUT2D eigenvalue weighted by Gasteiger charge is 2.51. The Labute approximate surface area is 256 Å². The average Bonchev–Trinajstić information content (AvgIpc) is 3.53. The van der Waals surface area contributed by atoms with E-state index in [0.717, 1.165) is 16.7 Å². The van der Waals surface area contributed by atoms with E-state index in [1.54, 1.807) is 0 Å². The maximum absolute atomic E-state index is 11.0. The molecule has 0 bridgehead atoms. The van der Waals surface area contributed by atoms with Crippen LogP contribution in [0.1, 0.15) is 16.7 Å². The Balaban J connectivity index is 1.35. The third kappa shape index (κ3) is 8.27. The molecule has 11 heteroatoms. The first-order valence-electron chi connectivity index (χ1n) is 14.7. The molecule has 238 valence electrons. The van der Waals surface area contributed by atoms with Gasteiger partial charge in [0.2, 0.25) is 0 Å². The largest absolute Gasteiger partial charge is 0.394 e. The van der Waals surface area contributed by atoms with Gasteiger partial charge in [-0.05, 0) is 16.7 Å². The SMILES string of the molecule is OCC(O)[C@@H]1O[C@@H](OCC(OCc2ccccc2)[C@@H]2O[C@@H](O)[C@H](OCc3ccccc3)[C@H]2OCc2ccccc2)[C@H](O)[C@H]1O. The van der Waals surface area contributed by atoms with Gasteiger partial charge in [-0.15, -0.1) is 0 Å². The van der Waals surface area contributed by atoms with Crippen LogP contribution in [0.2, 0.25) is 0 Å². The van der Waals surface area contributed by atoms with E-state index in [1.807, 2.05) is 91.0 Å². The summed E-state index contributed by atoms with van der Waals surface area (Å²) >= 11 is 0. The minimum atomic E-state index is -1.49. The van der Waals surface area contributed by atoms with Gasteiger partial charge in [0.25, 0.3) is 0 Å². The molecule has 5 N–H and O–H groups in total. The summed E-state index contributed by atoms with van der Waals surface area (Å²) < 4.78 is 36.2. The Hall–Kier alpha value is -2.78. The van der Waals surface area contributed by atoms with Crippen LogP contribution in [0.3, 0.4) is 0 Å². The van der Waals surface area contributed by atoms with Gasteiger partial charge in [-0.3, -0.25) is 0 Å². The third-order valence-electron chi connectivity index (χ3n) is 7.72. The van der Waals surface area contributed by atoms with Gasteiger partial charge in [-0.25, -0.2) is 0 Å². The number of hydrogen-bond donors (Lipinski definition) is 5. The third-order valence-corrected chi connectivity index (χ3v) is 7.72. The molecule has 2 aliphatic heterocycles. The van der Waals surface area contributed by atoms with Gasteiger partial charge in [0.1, 0.15) is 48.8 Å². The van der Waals surface area contributed by atoms with Gasteiger partial charge in [-0.1, -0.05) is 91.0 Å². The van der Waals surface area contributed by atoms with Crippen LogP contribution >= 0.6 is 0 Å². The molecule has 0 amide bonds. The summed E-state index contributed by atoms with van der Waals surface area (Å²) in [5, 5.41) is 51.2. The fourth-order valence-electron chi connectivity index (χ4n) is 5.30. The summed E-state index contributed by atoms with van der Waals surface area (Å²) in [6, 6.07) is 28.6. The van der Waals surface area contributed by atoms with Crippen molar-refractivity contribution in [2.75, 3.05) is 13.2 Å². The zero-order chi connectivity index (χ0) is 30.9. The first-order valence-corrected chi connectivity index (χ1v) is 14.7. The highest BCUT2D eigenvalue weighted by atomic mass is 16.7. The van der Waals surface area contributed by atoms with E-state index < -0.39 is 68.0 Å². The molecule has 3 aromatic rings. The fraction of sp³-hybridized carbons (Fsp3) is 0.455. The molecular weight excluding hydrogens is 572 g/mol. The van der Waals surface area contributed by atoms with Gasteiger partial charge in [0, 0.05) is 0 Å².